The first kappa shape index (κ1) is 12.2. The number of hydrogen-bond acceptors (Lipinski definition) is 3. The highest BCUT2D eigenvalue weighted by Gasteiger charge is 2.10. The Morgan fingerprint density at radius 1 is 0.952 bits per heavy atom. The van der Waals surface area contributed by atoms with E-state index in [9.17, 15) is 0 Å². The summed E-state index contributed by atoms with van der Waals surface area (Å²) in [6.45, 7) is 0. The Hall–Kier alpha value is -2.59. The van der Waals surface area contributed by atoms with Gasteiger partial charge in [-0.3, -0.25) is 4.57 Å². The van der Waals surface area contributed by atoms with Crippen molar-refractivity contribution in [3.05, 3.63) is 66.0 Å². The number of aromatic nitrogens is 2. The standard InChI is InChI=1S/C17H13N3S/c18-17-19-14-7-1-2-8-15(14)20(17)13-6-3-5-12(11-13)16-9-4-10-21-16/h1-11H,(H2,18,19). The molecular formula is C17H13N3S. The zero-order valence-corrected chi connectivity index (χ0v) is 12.0. The molecule has 0 aliphatic rings. The second kappa shape index (κ2) is 4.75. The second-order valence-electron chi connectivity index (χ2n) is 4.82. The number of nitrogens with zero attached hydrogens (tertiary/aromatic N) is 2. The minimum absolute atomic E-state index is 0.513. The predicted molar refractivity (Wildman–Crippen MR) is 88.8 cm³/mol. The fourth-order valence-corrected chi connectivity index (χ4v) is 3.28. The van der Waals surface area contributed by atoms with Crippen LogP contribution in [0.15, 0.2) is 66.0 Å². The molecule has 2 aromatic carbocycles. The Balaban J connectivity index is 1.93. The number of hydrogen-bond donors (Lipinski definition) is 1. The maximum atomic E-state index is 6.11. The minimum atomic E-state index is 0.513. The maximum Gasteiger partial charge on any atom is 0.205 e. The van der Waals surface area contributed by atoms with Crippen molar-refractivity contribution in [1.82, 2.24) is 9.55 Å². The molecular weight excluding hydrogens is 278 g/mol. The molecule has 0 saturated carbocycles. The molecule has 4 aromatic rings. The van der Waals surface area contributed by atoms with E-state index in [2.05, 4.69) is 46.8 Å². The van der Waals surface area contributed by atoms with Crippen molar-refractivity contribution in [3.63, 3.8) is 0 Å². The van der Waals surface area contributed by atoms with Gasteiger partial charge in [0.15, 0.2) is 0 Å². The van der Waals surface area contributed by atoms with Crippen LogP contribution in [0.5, 0.6) is 0 Å². The Kier molecular flexibility index (Phi) is 2.75. The second-order valence-corrected chi connectivity index (χ2v) is 5.77. The molecule has 2 aromatic heterocycles. The average Bonchev–Trinajstić information content (AvgIpc) is 3.14. The van der Waals surface area contributed by atoms with Gasteiger partial charge in [-0.15, -0.1) is 11.3 Å². The summed E-state index contributed by atoms with van der Waals surface area (Å²) in [5, 5.41) is 2.09. The monoisotopic (exact) mass is 291 g/mol. The van der Waals surface area contributed by atoms with Gasteiger partial charge in [-0.25, -0.2) is 4.98 Å². The number of rotatable bonds is 2. The van der Waals surface area contributed by atoms with Gasteiger partial charge in [0, 0.05) is 10.6 Å². The number of para-hydroxylation sites is 2. The number of anilines is 1. The van der Waals surface area contributed by atoms with E-state index in [1.807, 2.05) is 28.8 Å². The summed E-state index contributed by atoms with van der Waals surface area (Å²) in [4.78, 5) is 5.68. The molecule has 0 bridgehead atoms. The lowest BCUT2D eigenvalue weighted by Gasteiger charge is -2.08. The number of benzene rings is 2. The van der Waals surface area contributed by atoms with Gasteiger partial charge < -0.3 is 5.73 Å². The molecule has 2 heterocycles. The fourth-order valence-electron chi connectivity index (χ4n) is 2.56. The van der Waals surface area contributed by atoms with Crippen molar-refractivity contribution in [2.75, 3.05) is 5.73 Å². The topological polar surface area (TPSA) is 43.8 Å². The van der Waals surface area contributed by atoms with E-state index in [0.717, 1.165) is 16.7 Å². The predicted octanol–water partition coefficient (Wildman–Crippen LogP) is 4.34. The molecule has 0 fully saturated rings. The molecule has 2 N–H and O–H groups in total. The molecule has 3 nitrogen and oxygen atoms in total. The van der Waals surface area contributed by atoms with Crippen LogP contribution in [-0.4, -0.2) is 9.55 Å². The van der Waals surface area contributed by atoms with Gasteiger partial charge in [-0.2, -0.15) is 0 Å². The summed E-state index contributed by atoms with van der Waals surface area (Å²) in [7, 11) is 0. The van der Waals surface area contributed by atoms with Gasteiger partial charge in [0.1, 0.15) is 0 Å². The van der Waals surface area contributed by atoms with Crippen LogP contribution in [0.3, 0.4) is 0 Å². The van der Waals surface area contributed by atoms with Crippen LogP contribution in [0.4, 0.5) is 5.95 Å². The van der Waals surface area contributed by atoms with E-state index in [1.54, 1.807) is 11.3 Å². The van der Waals surface area contributed by atoms with Crippen molar-refractivity contribution in [2.45, 2.75) is 0 Å². The Bertz CT molecular complexity index is 907. The molecule has 4 rings (SSSR count). The molecule has 0 aliphatic carbocycles. The van der Waals surface area contributed by atoms with Crippen molar-refractivity contribution in [1.29, 1.82) is 0 Å². The van der Waals surface area contributed by atoms with Crippen molar-refractivity contribution in [2.24, 2.45) is 0 Å². The van der Waals surface area contributed by atoms with Crippen LogP contribution >= 0.6 is 11.3 Å². The molecule has 0 saturated heterocycles. The number of nitrogen functional groups attached to an aromatic ring is 1. The molecule has 0 atom stereocenters. The smallest absolute Gasteiger partial charge is 0.205 e. The number of thiophene rings is 1. The number of fused-ring (bicyclic) bond motifs is 1. The van der Waals surface area contributed by atoms with Gasteiger partial charge in [0.05, 0.1) is 11.0 Å². The number of imidazole rings is 1. The fraction of sp³-hybridized carbons (Fsp3) is 0. The Morgan fingerprint density at radius 3 is 2.71 bits per heavy atom. The van der Waals surface area contributed by atoms with Gasteiger partial charge >= 0.3 is 0 Å². The largest absolute Gasteiger partial charge is 0.369 e. The lowest BCUT2D eigenvalue weighted by atomic mass is 10.1. The molecule has 102 valence electrons. The quantitative estimate of drug-likeness (QED) is 0.597. The van der Waals surface area contributed by atoms with E-state index in [-0.39, 0.29) is 0 Å². The molecule has 4 heteroatoms. The van der Waals surface area contributed by atoms with Crippen molar-refractivity contribution >= 4 is 28.3 Å². The van der Waals surface area contributed by atoms with E-state index in [0.29, 0.717) is 5.95 Å². The van der Waals surface area contributed by atoms with Crippen LogP contribution in [0.1, 0.15) is 0 Å². The normalized spacial score (nSPS) is 11.0. The highest BCUT2D eigenvalue weighted by Crippen LogP contribution is 2.29. The molecule has 0 amide bonds. The van der Waals surface area contributed by atoms with Gasteiger partial charge in [-0.05, 0) is 41.3 Å². The highest BCUT2D eigenvalue weighted by atomic mass is 32.1. The zero-order chi connectivity index (χ0) is 14.2. The first-order valence-corrected chi connectivity index (χ1v) is 7.58. The maximum absolute atomic E-state index is 6.11. The Morgan fingerprint density at radius 2 is 1.86 bits per heavy atom. The average molecular weight is 291 g/mol. The van der Waals surface area contributed by atoms with Crippen LogP contribution in [0.25, 0.3) is 27.2 Å². The number of nitrogens with two attached hydrogens (primary N) is 1. The molecule has 0 aliphatic heterocycles. The van der Waals surface area contributed by atoms with E-state index >= 15 is 0 Å². The van der Waals surface area contributed by atoms with Crippen LogP contribution in [0.2, 0.25) is 0 Å². The summed E-state index contributed by atoms with van der Waals surface area (Å²) >= 11 is 1.73. The third kappa shape index (κ3) is 2.00. The first-order chi connectivity index (χ1) is 10.3. The van der Waals surface area contributed by atoms with E-state index < -0.39 is 0 Å². The van der Waals surface area contributed by atoms with Crippen LogP contribution in [-0.2, 0) is 0 Å². The third-order valence-electron chi connectivity index (χ3n) is 3.50. The van der Waals surface area contributed by atoms with Crippen molar-refractivity contribution in [3.8, 4) is 16.1 Å². The summed E-state index contributed by atoms with van der Waals surface area (Å²) < 4.78 is 1.99. The lowest BCUT2D eigenvalue weighted by molar-refractivity contribution is 1.11. The summed E-state index contributed by atoms with van der Waals surface area (Å²) in [5.41, 5.74) is 10.3. The van der Waals surface area contributed by atoms with E-state index in [1.165, 1.54) is 10.4 Å². The van der Waals surface area contributed by atoms with Crippen molar-refractivity contribution < 1.29 is 0 Å². The zero-order valence-electron chi connectivity index (χ0n) is 11.2. The minimum Gasteiger partial charge on any atom is -0.369 e. The molecule has 0 unspecified atom stereocenters. The molecule has 0 radical (unpaired) electrons. The van der Waals surface area contributed by atoms with Crippen LogP contribution < -0.4 is 5.73 Å². The lowest BCUT2D eigenvalue weighted by Crippen LogP contribution is -2.00. The van der Waals surface area contributed by atoms with Gasteiger partial charge in [-0.1, -0.05) is 30.3 Å². The highest BCUT2D eigenvalue weighted by molar-refractivity contribution is 7.13. The summed E-state index contributed by atoms with van der Waals surface area (Å²) in [6.07, 6.45) is 0. The molecule has 21 heavy (non-hydrogen) atoms. The molecule has 0 spiro atoms. The van der Waals surface area contributed by atoms with Crippen LogP contribution in [0, 0.1) is 0 Å². The first-order valence-electron chi connectivity index (χ1n) is 6.70. The third-order valence-corrected chi connectivity index (χ3v) is 4.42. The van der Waals surface area contributed by atoms with Gasteiger partial charge in [0.2, 0.25) is 5.95 Å². The summed E-state index contributed by atoms with van der Waals surface area (Å²) in [6, 6.07) is 20.6. The Labute approximate surface area is 126 Å². The van der Waals surface area contributed by atoms with E-state index in [4.69, 9.17) is 5.73 Å². The van der Waals surface area contributed by atoms with Gasteiger partial charge in [0.25, 0.3) is 0 Å². The SMILES string of the molecule is Nc1nc2ccccc2n1-c1cccc(-c2cccs2)c1. The summed E-state index contributed by atoms with van der Waals surface area (Å²) in [5.74, 6) is 0.513.